The number of ether oxygens (including phenoxy) is 1. The lowest BCUT2D eigenvalue weighted by atomic mass is 10.2. The largest absolute Gasteiger partial charge is 0.489 e. The Morgan fingerprint density at radius 2 is 2.24 bits per heavy atom. The second kappa shape index (κ2) is 7.73. The zero-order valence-corrected chi connectivity index (χ0v) is 12.5. The number of nitrogens with one attached hydrogen (secondary N) is 1. The molecular formula is C15H21FN4O. The van der Waals surface area contributed by atoms with Gasteiger partial charge in [0.25, 0.3) is 0 Å². The van der Waals surface area contributed by atoms with E-state index in [1.54, 1.807) is 29.8 Å². The first-order valence-corrected chi connectivity index (χ1v) is 7.18. The van der Waals surface area contributed by atoms with Crippen LogP contribution >= 0.6 is 0 Å². The summed E-state index contributed by atoms with van der Waals surface area (Å²) < 4.78 is 20.9. The van der Waals surface area contributed by atoms with Crippen molar-refractivity contribution < 1.29 is 9.13 Å². The van der Waals surface area contributed by atoms with Crippen LogP contribution in [-0.2, 0) is 13.1 Å². The number of hydrogen-bond acceptors (Lipinski definition) is 4. The lowest BCUT2D eigenvalue weighted by Gasteiger charge is -2.08. The molecule has 1 aromatic carbocycles. The van der Waals surface area contributed by atoms with Gasteiger partial charge in [0.15, 0.2) is 11.6 Å². The van der Waals surface area contributed by atoms with Crippen LogP contribution in [-0.4, -0.2) is 28.1 Å². The summed E-state index contributed by atoms with van der Waals surface area (Å²) in [6, 6.07) is 5.12. The SMILES string of the molecule is CCCNCc1cn(CCOc2cccc(C)c2F)nn1. The zero-order chi connectivity index (χ0) is 15.1. The number of hydrogen-bond donors (Lipinski definition) is 1. The van der Waals surface area contributed by atoms with E-state index in [1.165, 1.54) is 0 Å². The molecule has 0 spiro atoms. The van der Waals surface area contributed by atoms with Crippen molar-refractivity contribution in [1.82, 2.24) is 20.3 Å². The molecule has 0 atom stereocenters. The maximum Gasteiger partial charge on any atom is 0.167 e. The number of aromatic nitrogens is 3. The Balaban J connectivity index is 1.79. The van der Waals surface area contributed by atoms with E-state index in [4.69, 9.17) is 4.74 Å². The Kier molecular flexibility index (Phi) is 5.68. The lowest BCUT2D eigenvalue weighted by Crippen LogP contribution is -2.14. The monoisotopic (exact) mass is 292 g/mol. The van der Waals surface area contributed by atoms with Crippen molar-refractivity contribution in [3.05, 3.63) is 41.5 Å². The predicted octanol–water partition coefficient (Wildman–Crippen LogP) is 2.30. The molecular weight excluding hydrogens is 271 g/mol. The summed E-state index contributed by atoms with van der Waals surface area (Å²) >= 11 is 0. The molecule has 0 fully saturated rings. The molecule has 2 rings (SSSR count). The van der Waals surface area contributed by atoms with Crippen LogP contribution in [0.25, 0.3) is 0 Å². The summed E-state index contributed by atoms with van der Waals surface area (Å²) in [5, 5.41) is 11.3. The van der Waals surface area contributed by atoms with E-state index in [2.05, 4.69) is 22.6 Å². The summed E-state index contributed by atoms with van der Waals surface area (Å²) in [6.07, 6.45) is 2.96. The molecule has 114 valence electrons. The number of rotatable bonds is 8. The Labute approximate surface area is 124 Å². The summed E-state index contributed by atoms with van der Waals surface area (Å²) in [5.41, 5.74) is 1.47. The van der Waals surface area contributed by atoms with E-state index in [0.717, 1.165) is 18.7 Å². The average molecular weight is 292 g/mol. The highest BCUT2D eigenvalue weighted by Crippen LogP contribution is 2.19. The fourth-order valence-electron chi connectivity index (χ4n) is 1.90. The van der Waals surface area contributed by atoms with Gasteiger partial charge in [0.2, 0.25) is 0 Å². The maximum atomic E-state index is 13.7. The highest BCUT2D eigenvalue weighted by Gasteiger charge is 2.06. The summed E-state index contributed by atoms with van der Waals surface area (Å²) in [5.74, 6) is -0.0273. The van der Waals surface area contributed by atoms with Crippen molar-refractivity contribution in [3.8, 4) is 5.75 Å². The smallest absolute Gasteiger partial charge is 0.167 e. The first-order chi connectivity index (χ1) is 10.2. The highest BCUT2D eigenvalue weighted by molar-refractivity contribution is 5.29. The Morgan fingerprint density at radius 1 is 1.38 bits per heavy atom. The number of benzene rings is 1. The van der Waals surface area contributed by atoms with Crippen molar-refractivity contribution >= 4 is 0 Å². The molecule has 0 aliphatic rings. The first-order valence-electron chi connectivity index (χ1n) is 7.18. The van der Waals surface area contributed by atoms with Gasteiger partial charge in [-0.15, -0.1) is 5.10 Å². The molecule has 21 heavy (non-hydrogen) atoms. The van der Waals surface area contributed by atoms with E-state index >= 15 is 0 Å². The number of nitrogens with zero attached hydrogens (tertiary/aromatic N) is 3. The van der Waals surface area contributed by atoms with Crippen LogP contribution in [0.5, 0.6) is 5.75 Å². The van der Waals surface area contributed by atoms with Gasteiger partial charge in [-0.05, 0) is 31.5 Å². The third-order valence-corrected chi connectivity index (χ3v) is 3.05. The average Bonchev–Trinajstić information content (AvgIpc) is 2.92. The van der Waals surface area contributed by atoms with Gasteiger partial charge in [-0.3, -0.25) is 0 Å². The summed E-state index contributed by atoms with van der Waals surface area (Å²) in [6.45, 7) is 6.39. The van der Waals surface area contributed by atoms with Crippen molar-refractivity contribution in [1.29, 1.82) is 0 Å². The van der Waals surface area contributed by atoms with E-state index < -0.39 is 0 Å². The normalized spacial score (nSPS) is 10.8. The van der Waals surface area contributed by atoms with Gasteiger partial charge in [0, 0.05) is 12.7 Å². The van der Waals surface area contributed by atoms with Crippen molar-refractivity contribution in [2.45, 2.75) is 33.4 Å². The van der Waals surface area contributed by atoms with E-state index in [1.807, 2.05) is 6.20 Å². The zero-order valence-electron chi connectivity index (χ0n) is 12.5. The topological polar surface area (TPSA) is 52.0 Å². The quantitative estimate of drug-likeness (QED) is 0.759. The van der Waals surface area contributed by atoms with Crippen LogP contribution in [0, 0.1) is 12.7 Å². The molecule has 1 heterocycles. The van der Waals surface area contributed by atoms with Gasteiger partial charge < -0.3 is 10.1 Å². The van der Waals surface area contributed by atoms with Crippen LogP contribution in [0.3, 0.4) is 0 Å². The third-order valence-electron chi connectivity index (χ3n) is 3.05. The molecule has 6 heteroatoms. The predicted molar refractivity (Wildman–Crippen MR) is 78.7 cm³/mol. The molecule has 1 N–H and O–H groups in total. The molecule has 0 unspecified atom stereocenters. The van der Waals surface area contributed by atoms with E-state index in [9.17, 15) is 4.39 Å². The maximum absolute atomic E-state index is 13.7. The second-order valence-corrected chi connectivity index (χ2v) is 4.89. The van der Waals surface area contributed by atoms with Gasteiger partial charge in [-0.1, -0.05) is 24.3 Å². The van der Waals surface area contributed by atoms with Gasteiger partial charge in [-0.25, -0.2) is 9.07 Å². The van der Waals surface area contributed by atoms with Crippen molar-refractivity contribution in [2.24, 2.45) is 0 Å². The minimum atomic E-state index is -0.305. The van der Waals surface area contributed by atoms with Crippen LogP contribution in [0.4, 0.5) is 4.39 Å². The lowest BCUT2D eigenvalue weighted by molar-refractivity contribution is 0.276. The molecule has 0 amide bonds. The van der Waals surface area contributed by atoms with Crippen LogP contribution < -0.4 is 10.1 Å². The first kappa shape index (κ1) is 15.4. The van der Waals surface area contributed by atoms with Crippen LogP contribution in [0.1, 0.15) is 24.6 Å². The van der Waals surface area contributed by atoms with Gasteiger partial charge >= 0.3 is 0 Å². The standard InChI is InChI=1S/C15H21FN4O/c1-3-7-17-10-13-11-20(19-18-13)8-9-21-14-6-4-5-12(2)15(14)16/h4-6,11,17H,3,7-10H2,1-2H3. The van der Waals surface area contributed by atoms with Gasteiger partial charge in [0.05, 0.1) is 12.2 Å². The van der Waals surface area contributed by atoms with E-state index in [-0.39, 0.29) is 11.6 Å². The summed E-state index contributed by atoms with van der Waals surface area (Å²) in [7, 11) is 0. The number of aryl methyl sites for hydroxylation is 1. The van der Waals surface area contributed by atoms with Crippen LogP contribution in [0.15, 0.2) is 24.4 Å². The highest BCUT2D eigenvalue weighted by atomic mass is 19.1. The second-order valence-electron chi connectivity index (χ2n) is 4.89. The Morgan fingerprint density at radius 3 is 3.05 bits per heavy atom. The van der Waals surface area contributed by atoms with Crippen LogP contribution in [0.2, 0.25) is 0 Å². The molecule has 2 aromatic rings. The Bertz CT molecular complexity index is 571. The molecule has 0 radical (unpaired) electrons. The molecule has 0 aliphatic carbocycles. The number of halogens is 1. The van der Waals surface area contributed by atoms with Crippen molar-refractivity contribution in [3.63, 3.8) is 0 Å². The summed E-state index contributed by atoms with van der Waals surface area (Å²) in [4.78, 5) is 0. The minimum absolute atomic E-state index is 0.278. The molecule has 5 nitrogen and oxygen atoms in total. The van der Waals surface area contributed by atoms with E-state index in [0.29, 0.717) is 25.3 Å². The molecule has 1 aromatic heterocycles. The Hall–Kier alpha value is -1.95. The third kappa shape index (κ3) is 4.53. The van der Waals surface area contributed by atoms with Crippen molar-refractivity contribution in [2.75, 3.05) is 13.2 Å². The molecule has 0 saturated carbocycles. The minimum Gasteiger partial charge on any atom is -0.489 e. The molecule has 0 saturated heterocycles. The van der Waals surface area contributed by atoms with Gasteiger partial charge in [-0.2, -0.15) is 0 Å². The fourth-order valence-corrected chi connectivity index (χ4v) is 1.90. The van der Waals surface area contributed by atoms with Gasteiger partial charge in [0.1, 0.15) is 6.61 Å². The fraction of sp³-hybridized carbons (Fsp3) is 0.467. The molecule has 0 bridgehead atoms. The molecule has 0 aliphatic heterocycles.